The molecule has 1 unspecified atom stereocenters. The normalized spacial score (nSPS) is 12.2. The van der Waals surface area contributed by atoms with Crippen LogP contribution in [0.1, 0.15) is 35.9 Å². The Kier molecular flexibility index (Phi) is 3.91. The zero-order chi connectivity index (χ0) is 13.8. The van der Waals surface area contributed by atoms with Crippen molar-refractivity contribution < 1.29 is 14.6 Å². The lowest BCUT2D eigenvalue weighted by molar-refractivity contribution is 0.0526. The number of esters is 1. The summed E-state index contributed by atoms with van der Waals surface area (Å²) in [4.78, 5) is 15.7. The van der Waals surface area contributed by atoms with E-state index in [4.69, 9.17) is 4.74 Å². The molecule has 0 saturated heterocycles. The Balaban J connectivity index is 2.20. The molecule has 2 aromatic rings. The molecular formula is C13H15N3O3. The number of hydrogen-bond donors (Lipinski definition) is 1. The molecule has 0 aliphatic carbocycles. The van der Waals surface area contributed by atoms with Crippen LogP contribution >= 0.6 is 0 Å². The third-order valence-electron chi connectivity index (χ3n) is 2.58. The van der Waals surface area contributed by atoms with Gasteiger partial charge >= 0.3 is 5.97 Å². The van der Waals surface area contributed by atoms with Gasteiger partial charge in [0.1, 0.15) is 0 Å². The summed E-state index contributed by atoms with van der Waals surface area (Å²) in [7, 11) is 0. The van der Waals surface area contributed by atoms with Gasteiger partial charge in [0.25, 0.3) is 0 Å². The van der Waals surface area contributed by atoms with Crippen molar-refractivity contribution in [3.8, 4) is 5.82 Å². The number of aliphatic hydroxyl groups is 1. The van der Waals surface area contributed by atoms with E-state index >= 15 is 0 Å². The fourth-order valence-corrected chi connectivity index (χ4v) is 1.55. The zero-order valence-electron chi connectivity index (χ0n) is 10.8. The summed E-state index contributed by atoms with van der Waals surface area (Å²) < 4.78 is 6.37. The first-order valence-electron chi connectivity index (χ1n) is 5.98. The van der Waals surface area contributed by atoms with Gasteiger partial charge in [0, 0.05) is 12.4 Å². The van der Waals surface area contributed by atoms with E-state index < -0.39 is 12.1 Å². The second kappa shape index (κ2) is 5.62. The number of nitrogens with zero attached hydrogens (tertiary/aromatic N) is 3. The van der Waals surface area contributed by atoms with E-state index in [-0.39, 0.29) is 0 Å². The molecule has 1 N–H and O–H groups in total. The Morgan fingerprint density at radius 2 is 2.26 bits per heavy atom. The summed E-state index contributed by atoms with van der Waals surface area (Å²) >= 11 is 0. The second-order valence-electron chi connectivity index (χ2n) is 4.02. The molecule has 100 valence electrons. The van der Waals surface area contributed by atoms with Crippen LogP contribution in [0.2, 0.25) is 0 Å². The van der Waals surface area contributed by atoms with E-state index in [0.29, 0.717) is 18.0 Å². The van der Waals surface area contributed by atoms with Gasteiger partial charge in [-0.15, -0.1) is 0 Å². The Morgan fingerprint density at radius 1 is 1.47 bits per heavy atom. The van der Waals surface area contributed by atoms with E-state index in [1.54, 1.807) is 38.4 Å². The molecule has 0 amide bonds. The van der Waals surface area contributed by atoms with E-state index in [2.05, 4.69) is 10.1 Å². The number of carbonyl (C=O) groups is 1. The highest BCUT2D eigenvalue weighted by Crippen LogP contribution is 2.13. The van der Waals surface area contributed by atoms with Crippen molar-refractivity contribution in [3.05, 3.63) is 41.9 Å². The zero-order valence-corrected chi connectivity index (χ0v) is 10.8. The predicted molar refractivity (Wildman–Crippen MR) is 67.9 cm³/mol. The van der Waals surface area contributed by atoms with Crippen LogP contribution in [0.3, 0.4) is 0 Å². The minimum absolute atomic E-state index is 0.325. The summed E-state index contributed by atoms with van der Waals surface area (Å²) in [5.74, 6) is 0.161. The average molecular weight is 261 g/mol. The molecule has 0 fully saturated rings. The van der Waals surface area contributed by atoms with Crippen LogP contribution in [-0.2, 0) is 4.74 Å². The Labute approximate surface area is 110 Å². The van der Waals surface area contributed by atoms with Crippen LogP contribution in [0.4, 0.5) is 0 Å². The van der Waals surface area contributed by atoms with Gasteiger partial charge in [-0.05, 0) is 25.5 Å². The second-order valence-corrected chi connectivity index (χ2v) is 4.02. The van der Waals surface area contributed by atoms with Crippen molar-refractivity contribution in [2.24, 2.45) is 0 Å². The fraction of sp³-hybridized carbons (Fsp3) is 0.308. The molecule has 19 heavy (non-hydrogen) atoms. The molecule has 0 aromatic carbocycles. The molecular weight excluding hydrogens is 246 g/mol. The first-order chi connectivity index (χ1) is 9.11. The van der Waals surface area contributed by atoms with E-state index in [1.165, 1.54) is 10.9 Å². The largest absolute Gasteiger partial charge is 0.462 e. The first-order valence-corrected chi connectivity index (χ1v) is 5.98. The summed E-state index contributed by atoms with van der Waals surface area (Å²) in [5.41, 5.74) is 1.10. The highest BCUT2D eigenvalue weighted by Gasteiger charge is 2.10. The number of ether oxygens (including phenoxy) is 1. The lowest BCUT2D eigenvalue weighted by Crippen LogP contribution is -2.03. The van der Waals surface area contributed by atoms with Crippen molar-refractivity contribution in [1.29, 1.82) is 0 Å². The fourth-order valence-electron chi connectivity index (χ4n) is 1.55. The van der Waals surface area contributed by atoms with Crippen LogP contribution in [0.25, 0.3) is 5.82 Å². The summed E-state index contributed by atoms with van der Waals surface area (Å²) in [6.07, 6.45) is 4.00. The molecule has 6 nitrogen and oxygen atoms in total. The van der Waals surface area contributed by atoms with Crippen LogP contribution in [-0.4, -0.2) is 32.4 Å². The van der Waals surface area contributed by atoms with E-state index in [1.807, 2.05) is 0 Å². The molecule has 0 aliphatic heterocycles. The standard InChI is InChI=1S/C13H15N3O3/c1-3-19-13(18)11-7-15-16(8-11)12-5-4-10(6-14-12)9(2)17/h4-9,17H,3H2,1-2H3. The summed E-state index contributed by atoms with van der Waals surface area (Å²) in [6.45, 7) is 3.74. The molecule has 2 heterocycles. The number of aliphatic hydroxyl groups excluding tert-OH is 1. The molecule has 0 saturated carbocycles. The number of rotatable bonds is 4. The van der Waals surface area contributed by atoms with Crippen LogP contribution in [0.15, 0.2) is 30.7 Å². The predicted octanol–water partition coefficient (Wildman–Crippen LogP) is 1.50. The van der Waals surface area contributed by atoms with Gasteiger partial charge in [-0.3, -0.25) is 0 Å². The Hall–Kier alpha value is -2.21. The van der Waals surface area contributed by atoms with Gasteiger partial charge in [0.2, 0.25) is 0 Å². The molecule has 0 radical (unpaired) electrons. The lowest BCUT2D eigenvalue weighted by atomic mass is 10.2. The number of aromatic nitrogens is 3. The number of pyridine rings is 1. The van der Waals surface area contributed by atoms with E-state index in [9.17, 15) is 9.90 Å². The minimum atomic E-state index is -0.561. The van der Waals surface area contributed by atoms with Gasteiger partial charge in [0.15, 0.2) is 5.82 Å². The first kappa shape index (κ1) is 13.2. The topological polar surface area (TPSA) is 77.2 Å². The maximum absolute atomic E-state index is 11.5. The minimum Gasteiger partial charge on any atom is -0.462 e. The highest BCUT2D eigenvalue weighted by atomic mass is 16.5. The molecule has 0 bridgehead atoms. The summed E-state index contributed by atoms with van der Waals surface area (Å²) in [6, 6.07) is 3.49. The van der Waals surface area contributed by atoms with Gasteiger partial charge in [-0.25, -0.2) is 14.5 Å². The third-order valence-corrected chi connectivity index (χ3v) is 2.58. The summed E-state index contributed by atoms with van der Waals surface area (Å²) in [5, 5.41) is 13.5. The molecule has 0 aliphatic rings. The van der Waals surface area contributed by atoms with Crippen LogP contribution in [0.5, 0.6) is 0 Å². The Bertz CT molecular complexity index is 561. The SMILES string of the molecule is CCOC(=O)c1cnn(-c2ccc(C(C)O)cn2)c1. The van der Waals surface area contributed by atoms with Crippen LogP contribution in [0, 0.1) is 0 Å². The van der Waals surface area contributed by atoms with Crippen LogP contribution < -0.4 is 0 Å². The van der Waals surface area contributed by atoms with Crippen molar-refractivity contribution >= 4 is 5.97 Å². The third kappa shape index (κ3) is 2.97. The van der Waals surface area contributed by atoms with Gasteiger partial charge < -0.3 is 9.84 Å². The maximum Gasteiger partial charge on any atom is 0.341 e. The van der Waals surface area contributed by atoms with Crippen molar-refractivity contribution in [2.75, 3.05) is 6.61 Å². The van der Waals surface area contributed by atoms with Crippen molar-refractivity contribution in [3.63, 3.8) is 0 Å². The van der Waals surface area contributed by atoms with Crippen molar-refractivity contribution in [1.82, 2.24) is 14.8 Å². The number of hydrogen-bond acceptors (Lipinski definition) is 5. The van der Waals surface area contributed by atoms with E-state index in [0.717, 1.165) is 5.56 Å². The Morgan fingerprint density at radius 3 is 2.84 bits per heavy atom. The maximum atomic E-state index is 11.5. The smallest absolute Gasteiger partial charge is 0.341 e. The van der Waals surface area contributed by atoms with Gasteiger partial charge in [-0.2, -0.15) is 5.10 Å². The molecule has 2 aromatic heterocycles. The molecule has 2 rings (SSSR count). The van der Waals surface area contributed by atoms with Gasteiger partial charge in [-0.1, -0.05) is 6.07 Å². The molecule has 1 atom stereocenters. The quantitative estimate of drug-likeness (QED) is 0.844. The number of carbonyl (C=O) groups excluding carboxylic acids is 1. The average Bonchev–Trinajstić information content (AvgIpc) is 2.89. The van der Waals surface area contributed by atoms with Crippen molar-refractivity contribution in [2.45, 2.75) is 20.0 Å². The molecule has 0 spiro atoms. The highest BCUT2D eigenvalue weighted by molar-refractivity contribution is 5.88. The van der Waals surface area contributed by atoms with Gasteiger partial charge in [0.05, 0.1) is 24.5 Å². The monoisotopic (exact) mass is 261 g/mol. The lowest BCUT2D eigenvalue weighted by Gasteiger charge is -2.05. The molecule has 6 heteroatoms.